The molecule has 3 rings (SSSR count). The van der Waals surface area contributed by atoms with E-state index < -0.39 is 0 Å². The molecule has 0 unspecified atom stereocenters. The first-order valence-electron chi connectivity index (χ1n) is 6.79. The van der Waals surface area contributed by atoms with E-state index >= 15 is 0 Å². The average molecular weight is 277 g/mol. The molecule has 0 aliphatic heterocycles. The number of rotatable bonds is 2. The molecule has 0 saturated carbocycles. The molecule has 0 bridgehead atoms. The van der Waals surface area contributed by atoms with Crippen molar-refractivity contribution in [2.75, 3.05) is 6.61 Å². The zero-order valence-corrected chi connectivity index (χ0v) is 11.7. The van der Waals surface area contributed by atoms with Crippen molar-refractivity contribution in [3.05, 3.63) is 65.1 Å². The number of aryl methyl sites for hydroxylation is 1. The zero-order valence-electron chi connectivity index (χ0n) is 11.7. The number of aliphatic hydroxyl groups is 1. The van der Waals surface area contributed by atoms with Crippen LogP contribution in [0.25, 0.3) is 5.65 Å². The van der Waals surface area contributed by atoms with Gasteiger partial charge >= 0.3 is 0 Å². The second kappa shape index (κ2) is 5.78. The summed E-state index contributed by atoms with van der Waals surface area (Å²) in [5.74, 6) is 6.29. The third-order valence-corrected chi connectivity index (χ3v) is 3.31. The molecule has 21 heavy (non-hydrogen) atoms. The van der Waals surface area contributed by atoms with Crippen LogP contribution in [0.2, 0.25) is 0 Å². The molecule has 1 N–H and O–H groups in total. The predicted octanol–water partition coefficient (Wildman–Crippen LogP) is 1.97. The molecule has 0 aliphatic rings. The quantitative estimate of drug-likeness (QED) is 0.729. The predicted molar refractivity (Wildman–Crippen MR) is 80.9 cm³/mol. The summed E-state index contributed by atoms with van der Waals surface area (Å²) in [6.45, 7) is 2.17. The van der Waals surface area contributed by atoms with Crippen molar-refractivity contribution in [3.63, 3.8) is 0 Å². The van der Waals surface area contributed by atoms with Gasteiger partial charge in [-0.15, -0.1) is 0 Å². The molecule has 104 valence electrons. The molecule has 4 heteroatoms. The minimum atomic E-state index is 0.146. The number of benzene rings is 1. The van der Waals surface area contributed by atoms with E-state index in [0.29, 0.717) is 6.42 Å². The van der Waals surface area contributed by atoms with Crippen LogP contribution < -0.4 is 0 Å². The van der Waals surface area contributed by atoms with Crippen LogP contribution in [0.3, 0.4) is 0 Å². The second-order valence-corrected chi connectivity index (χ2v) is 4.81. The highest BCUT2D eigenvalue weighted by Gasteiger charge is 2.01. The van der Waals surface area contributed by atoms with E-state index in [-0.39, 0.29) is 6.61 Å². The topological polar surface area (TPSA) is 50.4 Å². The minimum absolute atomic E-state index is 0.146. The summed E-state index contributed by atoms with van der Waals surface area (Å²) in [7, 11) is 0. The van der Waals surface area contributed by atoms with Crippen molar-refractivity contribution < 1.29 is 5.11 Å². The van der Waals surface area contributed by atoms with Gasteiger partial charge in [0.2, 0.25) is 0 Å². The standard InChI is InChI=1S/C17H15N3O/c1-13-4-5-14(8-10-21)11-15(13)6-7-16-12-18-17-3-2-9-19-20(16)17/h2-5,9,11-12,21H,8,10H2,1H3. The molecule has 0 aliphatic carbocycles. The van der Waals surface area contributed by atoms with Gasteiger partial charge in [-0.1, -0.05) is 18.1 Å². The zero-order chi connectivity index (χ0) is 14.7. The van der Waals surface area contributed by atoms with Crippen LogP contribution in [-0.4, -0.2) is 26.3 Å². The first-order chi connectivity index (χ1) is 10.3. The third-order valence-electron chi connectivity index (χ3n) is 3.31. The summed E-state index contributed by atoms with van der Waals surface area (Å²) >= 11 is 0. The summed E-state index contributed by atoms with van der Waals surface area (Å²) in [5.41, 5.74) is 4.71. The Morgan fingerprint density at radius 1 is 1.24 bits per heavy atom. The van der Waals surface area contributed by atoms with Gasteiger partial charge in [-0.3, -0.25) is 0 Å². The molecule has 0 radical (unpaired) electrons. The normalized spacial score (nSPS) is 10.4. The highest BCUT2D eigenvalue weighted by molar-refractivity contribution is 5.48. The number of fused-ring (bicyclic) bond motifs is 1. The lowest BCUT2D eigenvalue weighted by molar-refractivity contribution is 0.299. The molecule has 0 amide bonds. The minimum Gasteiger partial charge on any atom is -0.396 e. The Hall–Kier alpha value is -2.64. The van der Waals surface area contributed by atoms with Crippen LogP contribution >= 0.6 is 0 Å². The Kier molecular flexibility index (Phi) is 3.67. The van der Waals surface area contributed by atoms with E-state index in [0.717, 1.165) is 28.0 Å². The Labute approximate surface area is 123 Å². The molecule has 2 heterocycles. The molecule has 3 aromatic rings. The van der Waals surface area contributed by atoms with Gasteiger partial charge in [-0.05, 0) is 48.6 Å². The van der Waals surface area contributed by atoms with Crippen LogP contribution in [0.5, 0.6) is 0 Å². The van der Waals surface area contributed by atoms with Crippen molar-refractivity contribution >= 4 is 5.65 Å². The summed E-state index contributed by atoms with van der Waals surface area (Å²) in [6, 6.07) is 9.82. The molecule has 4 nitrogen and oxygen atoms in total. The molecular formula is C17H15N3O. The SMILES string of the molecule is Cc1ccc(CCO)cc1C#Cc1cnc2cccnn12. The fourth-order valence-electron chi connectivity index (χ4n) is 2.13. The van der Waals surface area contributed by atoms with Gasteiger partial charge < -0.3 is 5.11 Å². The smallest absolute Gasteiger partial charge is 0.154 e. The lowest BCUT2D eigenvalue weighted by Gasteiger charge is -2.02. The Morgan fingerprint density at radius 2 is 2.14 bits per heavy atom. The summed E-state index contributed by atoms with van der Waals surface area (Å²) in [4.78, 5) is 4.27. The molecule has 1 aromatic carbocycles. The molecule has 0 spiro atoms. The maximum Gasteiger partial charge on any atom is 0.154 e. The van der Waals surface area contributed by atoms with Gasteiger partial charge in [0, 0.05) is 18.4 Å². The van der Waals surface area contributed by atoms with Crippen LogP contribution in [0.4, 0.5) is 0 Å². The van der Waals surface area contributed by atoms with Crippen LogP contribution in [0, 0.1) is 18.8 Å². The van der Waals surface area contributed by atoms with Gasteiger partial charge in [0.15, 0.2) is 5.65 Å². The lowest BCUT2D eigenvalue weighted by atomic mass is 10.0. The van der Waals surface area contributed by atoms with Gasteiger partial charge in [-0.25, -0.2) is 9.50 Å². The number of imidazole rings is 1. The first kappa shape index (κ1) is 13.3. The summed E-state index contributed by atoms with van der Waals surface area (Å²) in [5, 5.41) is 13.3. The number of hydrogen-bond acceptors (Lipinski definition) is 3. The van der Waals surface area contributed by atoms with E-state index in [1.54, 1.807) is 16.9 Å². The summed E-state index contributed by atoms with van der Waals surface area (Å²) < 4.78 is 1.72. The van der Waals surface area contributed by atoms with Crippen molar-refractivity contribution in [1.29, 1.82) is 0 Å². The second-order valence-electron chi connectivity index (χ2n) is 4.81. The van der Waals surface area contributed by atoms with E-state index in [2.05, 4.69) is 21.9 Å². The first-order valence-corrected chi connectivity index (χ1v) is 6.79. The monoisotopic (exact) mass is 277 g/mol. The largest absolute Gasteiger partial charge is 0.396 e. The average Bonchev–Trinajstić information content (AvgIpc) is 2.91. The maximum atomic E-state index is 9.02. The van der Waals surface area contributed by atoms with Crippen molar-refractivity contribution in [2.24, 2.45) is 0 Å². The van der Waals surface area contributed by atoms with Crippen LogP contribution in [-0.2, 0) is 6.42 Å². The lowest BCUT2D eigenvalue weighted by Crippen LogP contribution is -1.94. The molecular weight excluding hydrogens is 262 g/mol. The highest BCUT2D eigenvalue weighted by Crippen LogP contribution is 2.11. The summed E-state index contributed by atoms with van der Waals surface area (Å²) in [6.07, 6.45) is 4.08. The van der Waals surface area contributed by atoms with E-state index in [9.17, 15) is 0 Å². The number of aromatic nitrogens is 3. The molecule has 0 saturated heterocycles. The van der Waals surface area contributed by atoms with Gasteiger partial charge in [0.05, 0.1) is 6.20 Å². The highest BCUT2D eigenvalue weighted by atomic mass is 16.2. The Morgan fingerprint density at radius 3 is 3.00 bits per heavy atom. The van der Waals surface area contributed by atoms with Gasteiger partial charge in [0.1, 0.15) is 5.69 Å². The van der Waals surface area contributed by atoms with Crippen molar-refractivity contribution in [2.45, 2.75) is 13.3 Å². The van der Waals surface area contributed by atoms with Crippen molar-refractivity contribution in [1.82, 2.24) is 14.6 Å². The molecule has 0 atom stereocenters. The van der Waals surface area contributed by atoms with E-state index in [1.165, 1.54) is 0 Å². The third kappa shape index (κ3) is 2.78. The van der Waals surface area contributed by atoms with E-state index in [4.69, 9.17) is 5.11 Å². The molecule has 0 fully saturated rings. The fourth-order valence-corrected chi connectivity index (χ4v) is 2.13. The Balaban J connectivity index is 1.99. The molecule has 2 aromatic heterocycles. The van der Waals surface area contributed by atoms with Gasteiger partial charge in [-0.2, -0.15) is 5.10 Å². The fraction of sp³-hybridized carbons (Fsp3) is 0.176. The van der Waals surface area contributed by atoms with Crippen molar-refractivity contribution in [3.8, 4) is 11.8 Å². The van der Waals surface area contributed by atoms with E-state index in [1.807, 2.05) is 37.3 Å². The van der Waals surface area contributed by atoms with Crippen LogP contribution in [0.1, 0.15) is 22.4 Å². The Bertz CT molecular complexity index is 840. The van der Waals surface area contributed by atoms with Gasteiger partial charge in [0.25, 0.3) is 0 Å². The number of nitrogens with zero attached hydrogens (tertiary/aromatic N) is 3. The number of hydrogen-bond donors (Lipinski definition) is 1. The number of aliphatic hydroxyl groups excluding tert-OH is 1. The maximum absolute atomic E-state index is 9.02. The van der Waals surface area contributed by atoms with Crippen LogP contribution in [0.15, 0.2) is 42.7 Å².